The van der Waals surface area contributed by atoms with E-state index in [2.05, 4.69) is 48.1 Å². The van der Waals surface area contributed by atoms with Crippen LogP contribution in [0.2, 0.25) is 6.04 Å². The van der Waals surface area contributed by atoms with Crippen LogP contribution in [0.3, 0.4) is 0 Å². The lowest BCUT2D eigenvalue weighted by Gasteiger charge is -2.12. The summed E-state index contributed by atoms with van der Waals surface area (Å²) in [6.45, 7) is 7.88. The highest BCUT2D eigenvalue weighted by Crippen LogP contribution is 2.34. The second-order valence-corrected chi connectivity index (χ2v) is 13.2. The molecule has 0 N–H and O–H groups in total. The second kappa shape index (κ2) is 18.5. The molecule has 2 aromatic heterocycles. The van der Waals surface area contributed by atoms with Gasteiger partial charge in [0.25, 0.3) is 0 Å². The Balaban J connectivity index is 1.24. The summed E-state index contributed by atoms with van der Waals surface area (Å²) >= 11 is 0. The smallest absolute Gasteiger partial charge is 0.213 e. The minimum atomic E-state index is 0.702. The molecule has 1 aliphatic rings. The van der Waals surface area contributed by atoms with Crippen molar-refractivity contribution in [1.82, 2.24) is 15.2 Å². The van der Waals surface area contributed by atoms with Crippen molar-refractivity contribution in [3.63, 3.8) is 0 Å². The molecule has 0 amide bonds. The van der Waals surface area contributed by atoms with E-state index in [1.165, 1.54) is 102 Å². The summed E-state index contributed by atoms with van der Waals surface area (Å²) in [6.07, 6.45) is 23.8. The molecule has 1 saturated carbocycles. The summed E-state index contributed by atoms with van der Waals surface area (Å²) in [5.41, 5.74) is 1.87. The van der Waals surface area contributed by atoms with Crippen molar-refractivity contribution in [1.29, 1.82) is 0 Å². The van der Waals surface area contributed by atoms with E-state index in [-0.39, 0.29) is 0 Å². The Morgan fingerprint density at radius 3 is 2.24 bits per heavy atom. The summed E-state index contributed by atoms with van der Waals surface area (Å²) in [7, 11) is 0.736. The zero-order chi connectivity index (χ0) is 26.8. The largest absolute Gasteiger partial charge is 0.478 e. The third-order valence-corrected chi connectivity index (χ3v) is 9.51. The van der Waals surface area contributed by atoms with Crippen molar-refractivity contribution < 1.29 is 4.74 Å². The van der Waals surface area contributed by atoms with Gasteiger partial charge in [-0.3, -0.25) is 0 Å². The fraction of sp³-hybridized carbons (Fsp3) is 0.727. The van der Waals surface area contributed by atoms with Crippen LogP contribution >= 0.6 is 0 Å². The maximum absolute atomic E-state index is 5.83. The molecule has 0 bridgehead atoms. The normalized spacial score (nSPS) is 14.9. The average Bonchev–Trinajstić information content (AvgIpc) is 3.76. The minimum absolute atomic E-state index is 0.702. The van der Waals surface area contributed by atoms with Crippen molar-refractivity contribution in [2.24, 2.45) is 17.8 Å². The molecule has 0 spiro atoms. The van der Waals surface area contributed by atoms with E-state index in [0.29, 0.717) is 5.88 Å². The number of hydrogen-bond acceptors (Lipinski definition) is 4. The molecule has 5 heteroatoms. The van der Waals surface area contributed by atoms with Crippen LogP contribution in [0.1, 0.15) is 124 Å². The van der Waals surface area contributed by atoms with Gasteiger partial charge in [-0.15, -0.1) is 0 Å². The average molecular weight is 536 g/mol. The Morgan fingerprint density at radius 1 is 0.816 bits per heavy atom. The molecule has 4 nitrogen and oxygen atoms in total. The van der Waals surface area contributed by atoms with Crippen molar-refractivity contribution >= 4 is 14.8 Å². The monoisotopic (exact) mass is 535 g/mol. The molecule has 2 unspecified atom stereocenters. The lowest BCUT2D eigenvalue weighted by Crippen LogP contribution is -2.21. The zero-order valence-electron chi connectivity index (χ0n) is 24.6. The maximum Gasteiger partial charge on any atom is 0.213 e. The SMILES string of the molecule is CCCCCC(C)CCCCCC(C)C[Si]c1ccc(-c2ccc(OCCCCCCC3CC3)nc2)nn1. The predicted molar refractivity (Wildman–Crippen MR) is 162 cm³/mol. The first-order valence-electron chi connectivity index (χ1n) is 15.8. The van der Waals surface area contributed by atoms with Gasteiger partial charge in [-0.25, -0.2) is 4.98 Å². The van der Waals surface area contributed by atoms with Gasteiger partial charge in [0.1, 0.15) is 9.52 Å². The summed E-state index contributed by atoms with van der Waals surface area (Å²) in [5.74, 6) is 3.43. The Bertz CT molecular complexity index is 854. The highest BCUT2D eigenvalue weighted by molar-refractivity contribution is 6.52. The van der Waals surface area contributed by atoms with E-state index >= 15 is 0 Å². The lowest BCUT2D eigenvalue weighted by atomic mass is 9.96. The van der Waals surface area contributed by atoms with Crippen LogP contribution < -0.4 is 10.1 Å². The molecule has 0 aromatic carbocycles. The molecular weight excluding hydrogens is 482 g/mol. The second-order valence-electron chi connectivity index (χ2n) is 11.9. The van der Waals surface area contributed by atoms with Crippen LogP contribution in [-0.4, -0.2) is 31.3 Å². The van der Waals surface area contributed by atoms with Crippen LogP contribution in [0.4, 0.5) is 0 Å². The summed E-state index contributed by atoms with van der Waals surface area (Å²) in [5, 5.41) is 10.1. The standard InChI is InChI=1S/C33H53N3OSi/c1-4-5-9-14-27(2)15-10-8-11-16-28(3)26-38-33-23-21-31(35-36-33)30-20-22-32(34-25-30)37-24-13-7-6-12-17-29-18-19-29/h20-23,25,27-29H,4-19,24,26H2,1-3H3. The fourth-order valence-corrected chi connectivity index (χ4v) is 6.18. The summed E-state index contributed by atoms with van der Waals surface area (Å²) in [4.78, 5) is 4.48. The first kappa shape index (κ1) is 30.8. The molecular formula is C33H53N3OSi. The molecule has 0 saturated heterocycles. The van der Waals surface area contributed by atoms with Crippen molar-refractivity contribution in [3.8, 4) is 17.1 Å². The number of nitrogens with zero attached hydrogens (tertiary/aromatic N) is 3. The quantitative estimate of drug-likeness (QED) is 0.112. The molecule has 2 radical (unpaired) electrons. The zero-order valence-corrected chi connectivity index (χ0v) is 25.6. The fourth-order valence-electron chi connectivity index (χ4n) is 5.10. The third kappa shape index (κ3) is 13.4. The van der Waals surface area contributed by atoms with Crippen LogP contribution in [0.25, 0.3) is 11.3 Å². The molecule has 38 heavy (non-hydrogen) atoms. The molecule has 3 rings (SSSR count). The van der Waals surface area contributed by atoms with E-state index in [1.54, 1.807) is 0 Å². The van der Waals surface area contributed by atoms with Crippen LogP contribution in [0.15, 0.2) is 30.5 Å². The van der Waals surface area contributed by atoms with Gasteiger partial charge in [-0.05, 0) is 42.4 Å². The van der Waals surface area contributed by atoms with Crippen molar-refractivity contribution in [2.45, 2.75) is 130 Å². The predicted octanol–water partition coefficient (Wildman–Crippen LogP) is 8.83. The van der Waals surface area contributed by atoms with Crippen molar-refractivity contribution in [3.05, 3.63) is 30.5 Å². The van der Waals surface area contributed by atoms with Gasteiger partial charge in [0, 0.05) is 23.1 Å². The van der Waals surface area contributed by atoms with Crippen LogP contribution in [0.5, 0.6) is 5.88 Å². The summed E-state index contributed by atoms with van der Waals surface area (Å²) in [6, 6.07) is 9.43. The number of unbranched alkanes of at least 4 members (excludes halogenated alkanes) is 7. The summed E-state index contributed by atoms with van der Waals surface area (Å²) < 4.78 is 5.83. The van der Waals surface area contributed by atoms with Crippen molar-refractivity contribution in [2.75, 3.05) is 6.61 Å². The lowest BCUT2D eigenvalue weighted by molar-refractivity contribution is 0.293. The molecule has 1 fully saturated rings. The van der Waals surface area contributed by atoms with Crippen LogP contribution in [-0.2, 0) is 0 Å². The van der Waals surface area contributed by atoms with Gasteiger partial charge in [-0.1, -0.05) is 123 Å². The minimum Gasteiger partial charge on any atom is -0.478 e. The van der Waals surface area contributed by atoms with Gasteiger partial charge in [0.2, 0.25) is 5.88 Å². The number of pyridine rings is 1. The molecule has 2 aromatic rings. The highest BCUT2D eigenvalue weighted by atomic mass is 28.2. The van der Waals surface area contributed by atoms with E-state index in [4.69, 9.17) is 4.74 Å². The van der Waals surface area contributed by atoms with E-state index in [1.807, 2.05) is 18.3 Å². The Labute approximate surface area is 236 Å². The van der Waals surface area contributed by atoms with Gasteiger partial charge in [0.15, 0.2) is 0 Å². The Kier molecular flexibility index (Phi) is 15.0. The highest BCUT2D eigenvalue weighted by Gasteiger charge is 2.19. The Morgan fingerprint density at radius 2 is 1.55 bits per heavy atom. The maximum atomic E-state index is 5.83. The topological polar surface area (TPSA) is 47.9 Å². The van der Waals surface area contributed by atoms with E-state index in [9.17, 15) is 0 Å². The number of hydrogen-bond donors (Lipinski definition) is 0. The van der Waals surface area contributed by atoms with E-state index < -0.39 is 0 Å². The van der Waals surface area contributed by atoms with Gasteiger partial charge < -0.3 is 4.74 Å². The van der Waals surface area contributed by atoms with E-state index in [0.717, 1.165) is 56.9 Å². The molecule has 0 aliphatic heterocycles. The molecule has 2 atom stereocenters. The number of rotatable bonds is 22. The van der Waals surface area contributed by atoms with Gasteiger partial charge in [-0.2, -0.15) is 10.2 Å². The first-order valence-corrected chi connectivity index (χ1v) is 17.0. The third-order valence-electron chi connectivity index (χ3n) is 7.98. The Hall–Kier alpha value is -1.75. The van der Waals surface area contributed by atoms with Gasteiger partial charge >= 0.3 is 0 Å². The molecule has 2 heterocycles. The number of aromatic nitrogens is 3. The van der Waals surface area contributed by atoms with Gasteiger partial charge in [0.05, 0.1) is 12.3 Å². The molecule has 210 valence electrons. The molecule has 1 aliphatic carbocycles. The number of ether oxygens (including phenoxy) is 1. The van der Waals surface area contributed by atoms with Crippen LogP contribution in [0, 0.1) is 17.8 Å². The first-order chi connectivity index (χ1) is 18.6.